The molecule has 0 amide bonds. The molecule has 0 aliphatic carbocycles. The summed E-state index contributed by atoms with van der Waals surface area (Å²) >= 11 is 6.05. The highest BCUT2D eigenvalue weighted by Crippen LogP contribution is 2.24. The van der Waals surface area contributed by atoms with Crippen molar-refractivity contribution in [3.05, 3.63) is 88.3 Å². The van der Waals surface area contributed by atoms with Crippen molar-refractivity contribution in [1.82, 2.24) is 14.4 Å². The van der Waals surface area contributed by atoms with Gasteiger partial charge in [-0.15, -0.1) is 0 Å². The van der Waals surface area contributed by atoms with Gasteiger partial charge in [0.25, 0.3) is 5.65 Å². The molecule has 0 saturated heterocycles. The average Bonchev–Trinajstić information content (AvgIpc) is 2.66. The van der Waals surface area contributed by atoms with Crippen LogP contribution < -0.4 is 15.2 Å². The number of halogens is 1. The van der Waals surface area contributed by atoms with Crippen LogP contribution in [-0.2, 0) is 6.54 Å². The fraction of sp³-hybridized carbons (Fsp3) is 0.0526. The predicted octanol–water partition coefficient (Wildman–Crippen LogP) is 1.82. The summed E-state index contributed by atoms with van der Waals surface area (Å²) in [5, 5.41) is 13.6. The summed E-state index contributed by atoms with van der Waals surface area (Å²) in [5.41, 5.74) is 1.44. The highest BCUT2D eigenvalue weighted by Gasteiger charge is 2.20. The molecule has 0 radical (unpaired) electrons. The molecule has 0 spiro atoms. The van der Waals surface area contributed by atoms with Crippen LogP contribution in [0.25, 0.3) is 16.8 Å². The fourth-order valence-electron chi connectivity index (χ4n) is 2.91. The van der Waals surface area contributed by atoms with Crippen LogP contribution in [0.1, 0.15) is 5.56 Å². The number of aromatic nitrogens is 4. The van der Waals surface area contributed by atoms with Crippen molar-refractivity contribution >= 4 is 17.2 Å². The van der Waals surface area contributed by atoms with E-state index in [1.807, 2.05) is 0 Å². The second-order valence-corrected chi connectivity index (χ2v) is 6.19. The van der Waals surface area contributed by atoms with Crippen molar-refractivity contribution in [3.8, 4) is 17.0 Å². The van der Waals surface area contributed by atoms with Crippen LogP contribution in [0.3, 0.4) is 0 Å². The maximum Gasteiger partial charge on any atom is 0.349 e. The van der Waals surface area contributed by atoms with Gasteiger partial charge in [0.15, 0.2) is 0 Å². The van der Waals surface area contributed by atoms with E-state index < -0.39 is 0 Å². The summed E-state index contributed by atoms with van der Waals surface area (Å²) in [6.45, 7) is 0.251. The molecule has 0 saturated carbocycles. The van der Waals surface area contributed by atoms with E-state index in [-0.39, 0.29) is 23.5 Å². The molecule has 6 nitrogen and oxygen atoms in total. The summed E-state index contributed by atoms with van der Waals surface area (Å²) in [4.78, 5) is 20.9. The number of rotatable bonds is 3. The van der Waals surface area contributed by atoms with Gasteiger partial charge in [0.05, 0.1) is 12.1 Å². The van der Waals surface area contributed by atoms with Crippen molar-refractivity contribution in [3.63, 3.8) is 0 Å². The highest BCUT2D eigenvalue weighted by atomic mass is 35.5. The Morgan fingerprint density at radius 1 is 1.12 bits per heavy atom. The molecular weight excluding hydrogens is 352 g/mol. The highest BCUT2D eigenvalue weighted by molar-refractivity contribution is 6.30. The normalized spacial score (nSPS) is 11.0. The molecule has 0 atom stereocenters. The van der Waals surface area contributed by atoms with Gasteiger partial charge in [-0.05, 0) is 23.8 Å². The number of benzene rings is 1. The van der Waals surface area contributed by atoms with Crippen LogP contribution in [0.5, 0.6) is 5.88 Å². The Kier molecular flexibility index (Phi) is 4.10. The Morgan fingerprint density at radius 2 is 1.92 bits per heavy atom. The van der Waals surface area contributed by atoms with E-state index in [2.05, 4.69) is 9.97 Å². The smallest absolute Gasteiger partial charge is 0.349 e. The van der Waals surface area contributed by atoms with E-state index in [0.717, 1.165) is 5.56 Å². The molecule has 3 heterocycles. The minimum absolute atomic E-state index is 0.0769. The molecule has 1 aromatic carbocycles. The maximum atomic E-state index is 13.2. The molecule has 3 aromatic heterocycles. The quantitative estimate of drug-likeness (QED) is 0.520. The largest absolute Gasteiger partial charge is 0.842 e. The zero-order chi connectivity index (χ0) is 18.1. The van der Waals surface area contributed by atoms with Crippen LogP contribution in [0.4, 0.5) is 0 Å². The van der Waals surface area contributed by atoms with Crippen molar-refractivity contribution in [2.45, 2.75) is 6.54 Å². The lowest BCUT2D eigenvalue weighted by atomic mass is 10.1. The molecule has 4 rings (SSSR count). The first-order valence-corrected chi connectivity index (χ1v) is 8.27. The third-order valence-corrected chi connectivity index (χ3v) is 4.31. The van der Waals surface area contributed by atoms with E-state index in [0.29, 0.717) is 16.2 Å². The first kappa shape index (κ1) is 16.2. The van der Waals surface area contributed by atoms with E-state index in [1.165, 1.54) is 15.3 Å². The summed E-state index contributed by atoms with van der Waals surface area (Å²) in [6.07, 6.45) is 6.35. The number of pyridine rings is 1. The molecule has 128 valence electrons. The van der Waals surface area contributed by atoms with Gasteiger partial charge in [-0.3, -0.25) is 0 Å². The third kappa shape index (κ3) is 2.80. The summed E-state index contributed by atoms with van der Waals surface area (Å²) in [7, 11) is 0. The predicted molar refractivity (Wildman–Crippen MR) is 94.9 cm³/mol. The molecule has 0 aliphatic rings. The Hall–Kier alpha value is -3.25. The minimum Gasteiger partial charge on any atom is -0.842 e. The van der Waals surface area contributed by atoms with Crippen molar-refractivity contribution in [2.75, 3.05) is 0 Å². The first-order valence-electron chi connectivity index (χ1n) is 7.89. The maximum absolute atomic E-state index is 13.2. The van der Waals surface area contributed by atoms with E-state index in [4.69, 9.17) is 11.6 Å². The van der Waals surface area contributed by atoms with Crippen molar-refractivity contribution in [1.29, 1.82) is 0 Å². The summed E-state index contributed by atoms with van der Waals surface area (Å²) < 4.78 is 3.00. The Bertz CT molecular complexity index is 1160. The van der Waals surface area contributed by atoms with Crippen LogP contribution in [-0.4, -0.2) is 14.4 Å². The monoisotopic (exact) mass is 364 g/mol. The molecule has 0 N–H and O–H groups in total. The molecule has 0 fully saturated rings. The lowest BCUT2D eigenvalue weighted by Crippen LogP contribution is -2.44. The standard InChI is InChI=1S/C19H13ClN4O2/c20-15-5-3-4-14(8-15)17-18(25)23-7-2-1-6-16(23)24(19(17)26)11-13-9-21-12-22-10-13/h1-10,12H,11H2. The van der Waals surface area contributed by atoms with Gasteiger partial charge < -0.3 is 5.11 Å². The number of hydrogen-bond acceptors (Lipinski definition) is 4. The van der Waals surface area contributed by atoms with Gasteiger partial charge in [0.2, 0.25) is 0 Å². The van der Waals surface area contributed by atoms with E-state index in [9.17, 15) is 9.90 Å². The van der Waals surface area contributed by atoms with E-state index in [1.54, 1.807) is 61.1 Å². The summed E-state index contributed by atoms with van der Waals surface area (Å²) in [5.74, 6) is -0.382. The lowest BCUT2D eigenvalue weighted by molar-refractivity contribution is -0.708. The van der Waals surface area contributed by atoms with Gasteiger partial charge >= 0.3 is 5.56 Å². The average molecular weight is 365 g/mol. The van der Waals surface area contributed by atoms with Crippen LogP contribution >= 0.6 is 11.6 Å². The molecule has 4 aromatic rings. The van der Waals surface area contributed by atoms with Crippen molar-refractivity contribution in [2.24, 2.45) is 0 Å². The molecule has 7 heteroatoms. The van der Waals surface area contributed by atoms with Gasteiger partial charge in [-0.1, -0.05) is 29.8 Å². The Balaban J connectivity index is 2.03. The van der Waals surface area contributed by atoms with Crippen LogP contribution in [0.15, 0.2) is 72.2 Å². The minimum atomic E-state index is -0.382. The summed E-state index contributed by atoms with van der Waals surface area (Å²) in [6, 6.07) is 12.0. The zero-order valence-corrected chi connectivity index (χ0v) is 14.3. The van der Waals surface area contributed by atoms with Crippen LogP contribution in [0.2, 0.25) is 5.02 Å². The van der Waals surface area contributed by atoms with Crippen molar-refractivity contribution < 1.29 is 9.67 Å². The molecule has 0 unspecified atom stereocenters. The van der Waals surface area contributed by atoms with Gasteiger partial charge in [0, 0.05) is 29.0 Å². The molecule has 0 bridgehead atoms. The fourth-order valence-corrected chi connectivity index (χ4v) is 3.10. The topological polar surface area (TPSA) is 74.2 Å². The van der Waals surface area contributed by atoms with Gasteiger partial charge in [-0.2, -0.15) is 4.40 Å². The SMILES string of the molecule is O=c1c(-c2cccc(Cl)c2)c([O-])[n+](Cc2cncnc2)c2ccccn12. The Labute approximate surface area is 153 Å². The third-order valence-electron chi connectivity index (χ3n) is 4.07. The Morgan fingerprint density at radius 3 is 2.69 bits per heavy atom. The molecule has 26 heavy (non-hydrogen) atoms. The van der Waals surface area contributed by atoms with E-state index >= 15 is 0 Å². The lowest BCUT2D eigenvalue weighted by Gasteiger charge is -2.17. The number of nitrogens with zero attached hydrogens (tertiary/aromatic N) is 4. The number of hydrogen-bond donors (Lipinski definition) is 0. The molecule has 0 aliphatic heterocycles. The second kappa shape index (κ2) is 6.57. The second-order valence-electron chi connectivity index (χ2n) is 5.76. The van der Waals surface area contributed by atoms with Gasteiger partial charge in [0.1, 0.15) is 18.4 Å². The number of fused-ring (bicyclic) bond motifs is 1. The molecular formula is C19H13ClN4O2. The first-order chi connectivity index (χ1) is 12.6. The zero-order valence-electron chi connectivity index (χ0n) is 13.5. The van der Waals surface area contributed by atoms with Gasteiger partial charge in [-0.25, -0.2) is 19.3 Å². The van der Waals surface area contributed by atoms with Crippen LogP contribution in [0, 0.1) is 0 Å².